The Kier molecular flexibility index (Phi) is 5.84. The minimum absolute atomic E-state index is 0.0176. The SMILES string of the molecule is CN1CCc2c(sc3nc(SCc4ccccc4Cl)n(-c4ccc(Cl)cc4)c(=O)c23)C1. The molecule has 158 valence electrons. The number of benzene rings is 2. The van der Waals surface area contributed by atoms with Gasteiger partial charge in [0.1, 0.15) is 4.83 Å². The van der Waals surface area contributed by atoms with E-state index in [1.807, 2.05) is 36.4 Å². The van der Waals surface area contributed by atoms with Crippen LogP contribution in [0.25, 0.3) is 15.9 Å². The smallest absolute Gasteiger partial charge is 0.267 e. The first-order valence-electron chi connectivity index (χ1n) is 9.89. The molecule has 0 fully saturated rings. The highest BCUT2D eigenvalue weighted by molar-refractivity contribution is 7.98. The number of hydrogen-bond acceptors (Lipinski definition) is 5. The number of halogens is 2. The van der Waals surface area contributed by atoms with Crippen molar-refractivity contribution >= 4 is 56.5 Å². The molecular formula is C23H19Cl2N3OS2. The minimum Gasteiger partial charge on any atom is -0.301 e. The summed E-state index contributed by atoms with van der Waals surface area (Å²) < 4.78 is 1.71. The lowest BCUT2D eigenvalue weighted by molar-refractivity contribution is 0.318. The van der Waals surface area contributed by atoms with Gasteiger partial charge in [-0.2, -0.15) is 0 Å². The lowest BCUT2D eigenvalue weighted by atomic mass is 10.1. The number of fused-ring (bicyclic) bond motifs is 3. The molecule has 2 aromatic heterocycles. The molecule has 2 aromatic carbocycles. The Bertz CT molecular complexity index is 1330. The lowest BCUT2D eigenvalue weighted by Crippen LogP contribution is -2.27. The highest BCUT2D eigenvalue weighted by Crippen LogP contribution is 2.35. The summed E-state index contributed by atoms with van der Waals surface area (Å²) in [5.41, 5.74) is 2.91. The van der Waals surface area contributed by atoms with Gasteiger partial charge in [-0.3, -0.25) is 9.36 Å². The van der Waals surface area contributed by atoms with Crippen LogP contribution in [0.1, 0.15) is 16.0 Å². The molecule has 0 saturated carbocycles. The summed E-state index contributed by atoms with van der Waals surface area (Å²) in [6.07, 6.45) is 0.871. The fraction of sp³-hybridized carbons (Fsp3) is 0.217. The van der Waals surface area contributed by atoms with E-state index in [0.29, 0.717) is 21.0 Å². The number of hydrogen-bond donors (Lipinski definition) is 0. The maximum atomic E-state index is 13.8. The third-order valence-electron chi connectivity index (χ3n) is 5.43. The van der Waals surface area contributed by atoms with Crippen LogP contribution >= 0.6 is 46.3 Å². The van der Waals surface area contributed by atoms with Crippen LogP contribution in [0.3, 0.4) is 0 Å². The topological polar surface area (TPSA) is 38.1 Å². The van der Waals surface area contributed by atoms with E-state index in [1.54, 1.807) is 28.0 Å². The van der Waals surface area contributed by atoms with Crippen LogP contribution in [-0.4, -0.2) is 28.0 Å². The number of thioether (sulfide) groups is 1. The molecule has 1 aliphatic rings. The van der Waals surface area contributed by atoms with Gasteiger partial charge in [0.25, 0.3) is 5.56 Å². The molecule has 0 saturated heterocycles. The zero-order chi connectivity index (χ0) is 21.5. The maximum absolute atomic E-state index is 13.8. The summed E-state index contributed by atoms with van der Waals surface area (Å²) in [5.74, 6) is 0.624. The Balaban J connectivity index is 1.67. The Hall–Kier alpha value is -1.83. The Labute approximate surface area is 198 Å². The maximum Gasteiger partial charge on any atom is 0.267 e. The molecule has 0 atom stereocenters. The van der Waals surface area contributed by atoms with Crippen molar-refractivity contribution in [3.8, 4) is 5.69 Å². The molecule has 0 spiro atoms. The van der Waals surface area contributed by atoms with Crippen LogP contribution in [0.2, 0.25) is 10.0 Å². The van der Waals surface area contributed by atoms with E-state index in [0.717, 1.165) is 46.5 Å². The second kappa shape index (κ2) is 8.60. The fourth-order valence-corrected chi connectivity index (χ4v) is 6.59. The van der Waals surface area contributed by atoms with Crippen LogP contribution in [0, 0.1) is 0 Å². The molecule has 0 N–H and O–H groups in total. The zero-order valence-corrected chi connectivity index (χ0v) is 19.9. The van der Waals surface area contributed by atoms with Crippen molar-refractivity contribution in [2.45, 2.75) is 23.9 Å². The molecule has 0 bridgehead atoms. The summed E-state index contributed by atoms with van der Waals surface area (Å²) >= 11 is 15.6. The number of nitrogens with zero attached hydrogens (tertiary/aromatic N) is 3. The highest BCUT2D eigenvalue weighted by Gasteiger charge is 2.24. The van der Waals surface area contributed by atoms with Gasteiger partial charge in [-0.15, -0.1) is 11.3 Å². The Morgan fingerprint density at radius 2 is 1.90 bits per heavy atom. The number of likely N-dealkylation sites (N-methyl/N-ethyl adjacent to an activating group) is 1. The monoisotopic (exact) mass is 487 g/mol. The van der Waals surface area contributed by atoms with Crippen molar-refractivity contribution < 1.29 is 0 Å². The molecule has 1 aliphatic heterocycles. The van der Waals surface area contributed by atoms with Crippen LogP contribution < -0.4 is 5.56 Å². The van der Waals surface area contributed by atoms with Crippen LogP contribution in [0.5, 0.6) is 0 Å². The second-order valence-electron chi connectivity index (χ2n) is 7.56. The largest absolute Gasteiger partial charge is 0.301 e. The molecule has 31 heavy (non-hydrogen) atoms. The predicted molar refractivity (Wildman–Crippen MR) is 131 cm³/mol. The molecule has 0 radical (unpaired) electrons. The molecule has 4 aromatic rings. The van der Waals surface area contributed by atoms with E-state index in [9.17, 15) is 4.79 Å². The van der Waals surface area contributed by atoms with E-state index >= 15 is 0 Å². The van der Waals surface area contributed by atoms with Crippen molar-refractivity contribution in [3.05, 3.63) is 84.9 Å². The van der Waals surface area contributed by atoms with Gasteiger partial charge in [-0.25, -0.2) is 4.98 Å². The van der Waals surface area contributed by atoms with Gasteiger partial charge in [0.15, 0.2) is 5.16 Å². The summed E-state index contributed by atoms with van der Waals surface area (Å²) in [6, 6.07) is 15.1. The molecule has 4 nitrogen and oxygen atoms in total. The van der Waals surface area contributed by atoms with Crippen LogP contribution in [0.4, 0.5) is 0 Å². The first kappa shape index (κ1) is 21.0. The van der Waals surface area contributed by atoms with Gasteiger partial charge >= 0.3 is 0 Å². The summed E-state index contributed by atoms with van der Waals surface area (Å²) in [7, 11) is 2.11. The molecule has 3 heterocycles. The van der Waals surface area contributed by atoms with Crippen LogP contribution in [0.15, 0.2) is 58.5 Å². The molecule has 8 heteroatoms. The molecule has 0 aliphatic carbocycles. The number of thiophene rings is 1. The third-order valence-corrected chi connectivity index (χ3v) is 8.15. The second-order valence-corrected chi connectivity index (χ2v) is 10.4. The molecule has 0 amide bonds. The summed E-state index contributed by atoms with van der Waals surface area (Å²) in [6.45, 7) is 1.81. The van der Waals surface area contributed by atoms with Crippen molar-refractivity contribution in [1.29, 1.82) is 0 Å². The van der Waals surface area contributed by atoms with Gasteiger partial charge in [0, 0.05) is 33.8 Å². The van der Waals surface area contributed by atoms with E-state index < -0.39 is 0 Å². The summed E-state index contributed by atoms with van der Waals surface area (Å²) in [5, 5.41) is 2.76. The first-order chi connectivity index (χ1) is 15.0. The minimum atomic E-state index is -0.0176. The Morgan fingerprint density at radius 1 is 1.13 bits per heavy atom. The van der Waals surface area contributed by atoms with Crippen molar-refractivity contribution in [3.63, 3.8) is 0 Å². The van der Waals surface area contributed by atoms with Gasteiger partial charge in [-0.05, 0) is 54.9 Å². The van der Waals surface area contributed by atoms with Crippen molar-refractivity contribution in [2.75, 3.05) is 13.6 Å². The predicted octanol–water partition coefficient (Wildman–Crippen LogP) is 6.03. The van der Waals surface area contributed by atoms with E-state index in [2.05, 4.69) is 11.9 Å². The van der Waals surface area contributed by atoms with E-state index in [4.69, 9.17) is 28.2 Å². The Morgan fingerprint density at radius 3 is 2.68 bits per heavy atom. The average Bonchev–Trinajstić information content (AvgIpc) is 3.11. The quantitative estimate of drug-likeness (QED) is 0.260. The van der Waals surface area contributed by atoms with E-state index in [-0.39, 0.29) is 5.56 Å². The molecular weight excluding hydrogens is 469 g/mol. The van der Waals surface area contributed by atoms with Gasteiger partial charge < -0.3 is 4.90 Å². The molecule has 0 unspecified atom stereocenters. The van der Waals surface area contributed by atoms with Crippen LogP contribution in [-0.2, 0) is 18.7 Å². The average molecular weight is 488 g/mol. The highest BCUT2D eigenvalue weighted by atomic mass is 35.5. The first-order valence-corrected chi connectivity index (χ1v) is 12.4. The van der Waals surface area contributed by atoms with Crippen molar-refractivity contribution in [2.24, 2.45) is 0 Å². The molecule has 5 rings (SSSR count). The standard InChI is InChI=1S/C23H19Cl2N3OS2/c1-27-11-10-17-19(12-27)31-21-20(17)22(29)28(16-8-6-15(24)7-9-16)23(26-21)30-13-14-4-2-3-5-18(14)25/h2-9H,10-13H2,1H3. The third kappa shape index (κ3) is 4.03. The zero-order valence-electron chi connectivity index (χ0n) is 16.8. The lowest BCUT2D eigenvalue weighted by Gasteiger charge is -2.21. The normalized spacial score (nSPS) is 14.2. The van der Waals surface area contributed by atoms with Gasteiger partial charge in [-0.1, -0.05) is 53.2 Å². The number of rotatable bonds is 4. The van der Waals surface area contributed by atoms with Gasteiger partial charge in [0.2, 0.25) is 0 Å². The van der Waals surface area contributed by atoms with Crippen molar-refractivity contribution in [1.82, 2.24) is 14.5 Å². The van der Waals surface area contributed by atoms with E-state index in [1.165, 1.54) is 16.6 Å². The summed E-state index contributed by atoms with van der Waals surface area (Å²) in [4.78, 5) is 23.1. The number of aromatic nitrogens is 2. The fourth-order valence-electron chi connectivity index (χ4n) is 3.82. The van der Waals surface area contributed by atoms with Gasteiger partial charge in [0.05, 0.1) is 11.1 Å².